The summed E-state index contributed by atoms with van der Waals surface area (Å²) in [7, 11) is 0. The maximum atomic E-state index is 12.2. The smallest absolute Gasteiger partial charge is 0.410 e. The first-order chi connectivity index (χ1) is 10.2. The fourth-order valence-electron chi connectivity index (χ4n) is 3.83. The molecule has 1 saturated heterocycles. The molecule has 2 N–H and O–H groups in total. The van der Waals surface area contributed by atoms with Crippen molar-refractivity contribution in [1.29, 1.82) is 0 Å². The Morgan fingerprint density at radius 3 is 2.55 bits per heavy atom. The summed E-state index contributed by atoms with van der Waals surface area (Å²) in [5, 5.41) is 13.0. The molecule has 5 heteroatoms. The second-order valence-electron chi connectivity index (χ2n) is 8.03. The molecule has 1 spiro atoms. The highest BCUT2D eigenvalue weighted by atomic mass is 16.6. The van der Waals surface area contributed by atoms with Crippen molar-refractivity contribution in [2.75, 3.05) is 19.6 Å². The number of carbonyl (C=O) groups excluding carboxylic acids is 1. The Bertz CT molecular complexity index is 382. The van der Waals surface area contributed by atoms with Crippen LogP contribution >= 0.6 is 0 Å². The van der Waals surface area contributed by atoms with Gasteiger partial charge in [0.15, 0.2) is 0 Å². The van der Waals surface area contributed by atoms with E-state index in [1.54, 1.807) is 0 Å². The summed E-state index contributed by atoms with van der Waals surface area (Å²) in [6.07, 6.45) is 5.22. The minimum absolute atomic E-state index is 0.186. The van der Waals surface area contributed by atoms with Crippen molar-refractivity contribution in [3.05, 3.63) is 0 Å². The summed E-state index contributed by atoms with van der Waals surface area (Å²) in [5.74, 6) is 0. The van der Waals surface area contributed by atoms with Gasteiger partial charge in [0.1, 0.15) is 5.60 Å². The zero-order valence-electron chi connectivity index (χ0n) is 14.5. The van der Waals surface area contributed by atoms with Crippen molar-refractivity contribution >= 4 is 6.09 Å². The predicted molar refractivity (Wildman–Crippen MR) is 86.8 cm³/mol. The summed E-state index contributed by atoms with van der Waals surface area (Å²) < 4.78 is 5.47. The molecule has 2 fully saturated rings. The number of piperidine rings is 1. The third kappa shape index (κ3) is 4.35. The summed E-state index contributed by atoms with van der Waals surface area (Å²) in [4.78, 5) is 14.0. The minimum atomic E-state index is -0.430. The number of aliphatic hydroxyl groups is 1. The summed E-state index contributed by atoms with van der Waals surface area (Å²) in [5.41, 5.74) is -0.131. The van der Waals surface area contributed by atoms with Gasteiger partial charge in [0, 0.05) is 25.7 Å². The predicted octanol–water partition coefficient (Wildman–Crippen LogP) is 2.53. The Labute approximate surface area is 134 Å². The fourth-order valence-corrected chi connectivity index (χ4v) is 3.83. The van der Waals surface area contributed by atoms with E-state index < -0.39 is 5.60 Å². The number of carbonyl (C=O) groups is 1. The van der Waals surface area contributed by atoms with Crippen LogP contribution in [0.25, 0.3) is 0 Å². The van der Waals surface area contributed by atoms with Gasteiger partial charge in [-0.2, -0.15) is 0 Å². The monoisotopic (exact) mass is 312 g/mol. The van der Waals surface area contributed by atoms with Gasteiger partial charge in [-0.1, -0.05) is 6.42 Å². The average Bonchev–Trinajstić information content (AvgIpc) is 2.78. The van der Waals surface area contributed by atoms with Gasteiger partial charge in [-0.05, 0) is 58.8 Å². The average molecular weight is 312 g/mol. The third-order valence-electron chi connectivity index (χ3n) is 4.98. The van der Waals surface area contributed by atoms with E-state index in [4.69, 9.17) is 4.74 Å². The van der Waals surface area contributed by atoms with Crippen LogP contribution in [-0.4, -0.2) is 53.5 Å². The van der Waals surface area contributed by atoms with Crippen LogP contribution in [0.2, 0.25) is 0 Å². The van der Waals surface area contributed by atoms with E-state index in [-0.39, 0.29) is 12.2 Å². The Morgan fingerprint density at radius 2 is 2.00 bits per heavy atom. The molecule has 0 radical (unpaired) electrons. The van der Waals surface area contributed by atoms with Crippen molar-refractivity contribution in [1.82, 2.24) is 10.2 Å². The Morgan fingerprint density at radius 1 is 1.36 bits per heavy atom. The first-order valence-electron chi connectivity index (χ1n) is 8.61. The quantitative estimate of drug-likeness (QED) is 0.840. The van der Waals surface area contributed by atoms with E-state index in [2.05, 4.69) is 5.32 Å². The fraction of sp³-hybridized carbons (Fsp3) is 0.941. The Kier molecular flexibility index (Phi) is 5.38. The number of hydrogen-bond acceptors (Lipinski definition) is 4. The topological polar surface area (TPSA) is 61.8 Å². The second kappa shape index (κ2) is 6.75. The van der Waals surface area contributed by atoms with E-state index in [1.807, 2.05) is 32.6 Å². The lowest BCUT2D eigenvalue weighted by atomic mass is 9.74. The van der Waals surface area contributed by atoms with E-state index in [0.717, 1.165) is 25.9 Å². The molecule has 1 saturated carbocycles. The molecule has 1 aliphatic carbocycles. The lowest BCUT2D eigenvalue weighted by molar-refractivity contribution is 0.00684. The van der Waals surface area contributed by atoms with Crippen LogP contribution in [0, 0.1) is 5.41 Å². The maximum Gasteiger partial charge on any atom is 0.410 e. The molecular formula is C17H32N2O3. The molecule has 1 amide bonds. The molecule has 0 aromatic carbocycles. The van der Waals surface area contributed by atoms with E-state index in [9.17, 15) is 9.90 Å². The van der Waals surface area contributed by atoms with Crippen molar-refractivity contribution in [3.8, 4) is 0 Å². The minimum Gasteiger partial charge on any atom is -0.444 e. The number of ether oxygens (including phenoxy) is 1. The van der Waals surface area contributed by atoms with E-state index >= 15 is 0 Å². The highest BCUT2D eigenvalue weighted by Gasteiger charge is 2.45. The molecule has 5 nitrogen and oxygen atoms in total. The van der Waals surface area contributed by atoms with Gasteiger partial charge in [-0.3, -0.25) is 0 Å². The zero-order chi connectivity index (χ0) is 16.4. The highest BCUT2D eigenvalue weighted by Crippen LogP contribution is 2.46. The van der Waals surface area contributed by atoms with Crippen LogP contribution in [0.15, 0.2) is 0 Å². The molecule has 2 rings (SSSR count). The summed E-state index contributed by atoms with van der Waals surface area (Å²) in [6, 6.07) is 0.475. The lowest BCUT2D eigenvalue weighted by Gasteiger charge is -2.43. The molecular weight excluding hydrogens is 280 g/mol. The zero-order valence-corrected chi connectivity index (χ0v) is 14.5. The SMILES string of the molecule is C[C@H](O)CNC1CCCC12CCN(C(=O)OC(C)(C)C)CC2. The van der Waals surface area contributed by atoms with Crippen molar-refractivity contribution in [2.24, 2.45) is 5.41 Å². The normalized spacial score (nSPS) is 26.2. The molecule has 2 aliphatic rings. The lowest BCUT2D eigenvalue weighted by Crippen LogP contribution is -2.51. The van der Waals surface area contributed by atoms with Crippen molar-refractivity contribution in [2.45, 2.75) is 77.5 Å². The second-order valence-corrected chi connectivity index (χ2v) is 8.03. The first-order valence-corrected chi connectivity index (χ1v) is 8.61. The van der Waals surface area contributed by atoms with Gasteiger partial charge in [0.05, 0.1) is 6.10 Å². The van der Waals surface area contributed by atoms with Gasteiger partial charge >= 0.3 is 6.09 Å². The molecule has 0 aromatic heterocycles. The van der Waals surface area contributed by atoms with Gasteiger partial charge in [-0.15, -0.1) is 0 Å². The molecule has 0 bridgehead atoms. The number of rotatable bonds is 3. The molecule has 2 atom stereocenters. The third-order valence-corrected chi connectivity index (χ3v) is 4.98. The summed E-state index contributed by atoms with van der Waals surface area (Å²) in [6.45, 7) is 9.75. The maximum absolute atomic E-state index is 12.2. The number of amides is 1. The van der Waals surface area contributed by atoms with Crippen LogP contribution in [0.1, 0.15) is 59.8 Å². The van der Waals surface area contributed by atoms with Crippen LogP contribution in [0.5, 0.6) is 0 Å². The van der Waals surface area contributed by atoms with E-state index in [0.29, 0.717) is 18.0 Å². The van der Waals surface area contributed by atoms with Crippen LogP contribution in [-0.2, 0) is 4.74 Å². The van der Waals surface area contributed by atoms with Crippen molar-refractivity contribution < 1.29 is 14.6 Å². The Balaban J connectivity index is 1.88. The molecule has 1 unspecified atom stereocenters. The van der Waals surface area contributed by atoms with Gasteiger partial charge in [-0.25, -0.2) is 4.79 Å². The first kappa shape index (κ1) is 17.5. The van der Waals surface area contributed by atoms with Gasteiger partial charge < -0.3 is 20.1 Å². The van der Waals surface area contributed by atoms with Gasteiger partial charge in [0.2, 0.25) is 0 Å². The Hall–Kier alpha value is -0.810. The molecule has 128 valence electrons. The number of nitrogens with zero attached hydrogens (tertiary/aromatic N) is 1. The van der Waals surface area contributed by atoms with Crippen LogP contribution < -0.4 is 5.32 Å². The molecule has 1 heterocycles. The van der Waals surface area contributed by atoms with Gasteiger partial charge in [0.25, 0.3) is 0 Å². The number of nitrogens with one attached hydrogen (secondary N) is 1. The molecule has 0 aromatic rings. The number of aliphatic hydroxyl groups excluding tert-OH is 1. The largest absolute Gasteiger partial charge is 0.444 e. The standard InChI is InChI=1S/C17H32N2O3/c1-13(20)12-18-14-6-5-7-17(14)8-10-19(11-9-17)15(21)22-16(2,3)4/h13-14,18,20H,5-12H2,1-4H3/t13-,14?/m0/s1. The summed E-state index contributed by atoms with van der Waals surface area (Å²) >= 11 is 0. The van der Waals surface area contributed by atoms with Crippen LogP contribution in [0.4, 0.5) is 4.79 Å². The molecule has 22 heavy (non-hydrogen) atoms. The highest BCUT2D eigenvalue weighted by molar-refractivity contribution is 5.68. The van der Waals surface area contributed by atoms with Crippen molar-refractivity contribution in [3.63, 3.8) is 0 Å². The van der Waals surface area contributed by atoms with E-state index in [1.165, 1.54) is 19.3 Å². The van der Waals surface area contributed by atoms with Crippen LogP contribution in [0.3, 0.4) is 0 Å². The number of likely N-dealkylation sites (tertiary alicyclic amines) is 1. The number of hydrogen-bond donors (Lipinski definition) is 2. The molecule has 1 aliphatic heterocycles.